The molecule has 1 aliphatic rings. The molecule has 0 amide bonds. The number of aliphatic carboxylic acids is 1. The second-order valence-electron chi connectivity index (χ2n) is 6.84. The summed E-state index contributed by atoms with van der Waals surface area (Å²) in [4.78, 5) is 22.6. The molecule has 0 unspecified atom stereocenters. The minimum Gasteiger partial charge on any atom is -0.481 e. The Labute approximate surface area is 161 Å². The average molecular weight is 376 g/mol. The maximum absolute atomic E-state index is 12.1. The van der Waals surface area contributed by atoms with Gasteiger partial charge in [-0.2, -0.15) is 0 Å². The van der Waals surface area contributed by atoms with E-state index >= 15 is 0 Å². The van der Waals surface area contributed by atoms with Crippen molar-refractivity contribution in [3.63, 3.8) is 0 Å². The molecule has 0 aliphatic heterocycles. The molecule has 0 aromatic heterocycles. The van der Waals surface area contributed by atoms with Gasteiger partial charge in [-0.15, -0.1) is 0 Å². The number of aliphatic hydroxyl groups is 2. The topological polar surface area (TPSA) is 94.8 Å². The molecule has 0 radical (unpaired) electrons. The number of ketones is 1. The molecule has 0 saturated heterocycles. The first-order valence-electron chi connectivity index (χ1n) is 9.69. The van der Waals surface area contributed by atoms with Crippen LogP contribution in [0.3, 0.4) is 0 Å². The molecule has 5 heteroatoms. The smallest absolute Gasteiger partial charge is 0.303 e. The summed E-state index contributed by atoms with van der Waals surface area (Å²) in [6.07, 6.45) is 17.1. The standard InChI is InChI=1S/C22H32O5/c1-2-3-4-5-6-8-11-17(23)14-15-19-18(20(24)16-21(19)25)12-9-7-10-13-22(26)27/h3-4,6-9,14-15,17-19,21,23,25H,2,5,10-13,16H2,1H3,(H,26,27)/b4-3-,8-6-,9-7-,15-14+/t17-,18-,19+,21-/m1/s1. The van der Waals surface area contributed by atoms with Gasteiger partial charge in [-0.25, -0.2) is 0 Å². The molecule has 0 spiro atoms. The lowest BCUT2D eigenvalue weighted by Crippen LogP contribution is -2.18. The minimum atomic E-state index is -0.850. The largest absolute Gasteiger partial charge is 0.481 e. The van der Waals surface area contributed by atoms with Crippen molar-refractivity contribution >= 4 is 11.8 Å². The fourth-order valence-electron chi connectivity index (χ4n) is 3.10. The summed E-state index contributed by atoms with van der Waals surface area (Å²) >= 11 is 0. The van der Waals surface area contributed by atoms with E-state index in [4.69, 9.17) is 5.11 Å². The van der Waals surface area contributed by atoms with Crippen molar-refractivity contribution < 1.29 is 24.9 Å². The molecule has 27 heavy (non-hydrogen) atoms. The molecular formula is C22H32O5. The molecule has 1 saturated carbocycles. The van der Waals surface area contributed by atoms with Gasteiger partial charge >= 0.3 is 5.97 Å². The van der Waals surface area contributed by atoms with Crippen LogP contribution in [0.5, 0.6) is 0 Å². The fraction of sp³-hybridized carbons (Fsp3) is 0.545. The van der Waals surface area contributed by atoms with E-state index in [1.165, 1.54) is 0 Å². The normalized spacial score (nSPS) is 24.9. The van der Waals surface area contributed by atoms with Gasteiger partial charge in [0, 0.05) is 24.7 Å². The van der Waals surface area contributed by atoms with Crippen LogP contribution in [0.4, 0.5) is 0 Å². The number of hydrogen-bond acceptors (Lipinski definition) is 4. The van der Waals surface area contributed by atoms with Crippen LogP contribution in [0.15, 0.2) is 48.6 Å². The van der Waals surface area contributed by atoms with Crippen LogP contribution < -0.4 is 0 Å². The Morgan fingerprint density at radius 1 is 1.19 bits per heavy atom. The van der Waals surface area contributed by atoms with Gasteiger partial charge < -0.3 is 15.3 Å². The summed E-state index contributed by atoms with van der Waals surface area (Å²) in [6.45, 7) is 2.08. The Kier molecular flexibility index (Phi) is 11.3. The average Bonchev–Trinajstić information content (AvgIpc) is 2.88. The third-order valence-electron chi connectivity index (χ3n) is 4.59. The zero-order valence-electron chi connectivity index (χ0n) is 16.0. The lowest BCUT2D eigenvalue weighted by Gasteiger charge is -2.16. The first-order chi connectivity index (χ1) is 13.0. The first kappa shape index (κ1) is 23.1. The number of carboxylic acid groups (broad SMARTS) is 1. The number of carboxylic acids is 1. The second-order valence-corrected chi connectivity index (χ2v) is 6.84. The number of allylic oxidation sites excluding steroid dienone is 5. The van der Waals surface area contributed by atoms with Crippen LogP contribution in [0.1, 0.15) is 51.9 Å². The van der Waals surface area contributed by atoms with E-state index in [-0.39, 0.29) is 30.5 Å². The molecule has 0 heterocycles. The minimum absolute atomic E-state index is 0.0112. The maximum Gasteiger partial charge on any atom is 0.303 e. The Balaban J connectivity index is 2.50. The van der Waals surface area contributed by atoms with Crippen LogP contribution in [0, 0.1) is 11.8 Å². The lowest BCUT2D eigenvalue weighted by atomic mass is 9.90. The number of hydrogen-bond donors (Lipinski definition) is 3. The van der Waals surface area contributed by atoms with Gasteiger partial charge in [0.2, 0.25) is 0 Å². The van der Waals surface area contributed by atoms with Crippen LogP contribution in [-0.4, -0.2) is 39.3 Å². The summed E-state index contributed by atoms with van der Waals surface area (Å²) in [6, 6.07) is 0. The number of aliphatic hydroxyl groups excluding tert-OH is 2. The van der Waals surface area contributed by atoms with E-state index in [0.717, 1.165) is 12.8 Å². The molecule has 1 aliphatic carbocycles. The van der Waals surface area contributed by atoms with Crippen LogP contribution >= 0.6 is 0 Å². The van der Waals surface area contributed by atoms with Crippen molar-refractivity contribution in [1.82, 2.24) is 0 Å². The number of Topliss-reactive ketones (excluding diaryl/α,β-unsaturated/α-hetero) is 1. The Morgan fingerprint density at radius 3 is 2.63 bits per heavy atom. The van der Waals surface area contributed by atoms with E-state index < -0.39 is 18.2 Å². The summed E-state index contributed by atoms with van der Waals surface area (Å²) in [7, 11) is 0. The number of rotatable bonds is 12. The quantitative estimate of drug-likeness (QED) is 0.453. The lowest BCUT2D eigenvalue weighted by molar-refractivity contribution is -0.136. The number of carbonyl (C=O) groups is 2. The van der Waals surface area contributed by atoms with Crippen LogP contribution in [0.2, 0.25) is 0 Å². The van der Waals surface area contributed by atoms with Crippen molar-refractivity contribution in [2.75, 3.05) is 0 Å². The molecule has 150 valence electrons. The molecule has 0 bridgehead atoms. The fourth-order valence-corrected chi connectivity index (χ4v) is 3.10. The van der Waals surface area contributed by atoms with E-state index in [1.54, 1.807) is 18.2 Å². The first-order valence-corrected chi connectivity index (χ1v) is 9.69. The molecule has 1 rings (SSSR count). The summed E-state index contributed by atoms with van der Waals surface area (Å²) in [5.74, 6) is -1.47. The SMILES string of the molecule is CC/C=C\C/C=C\C[C@@H](O)/C=C/[C@@H]1[C@H](O)CC(=O)[C@@H]1C/C=C\CCC(=O)O. The summed E-state index contributed by atoms with van der Waals surface area (Å²) in [5, 5.41) is 28.8. The van der Waals surface area contributed by atoms with Gasteiger partial charge in [-0.05, 0) is 32.1 Å². The van der Waals surface area contributed by atoms with Crippen molar-refractivity contribution in [3.8, 4) is 0 Å². The predicted molar refractivity (Wildman–Crippen MR) is 106 cm³/mol. The van der Waals surface area contributed by atoms with Gasteiger partial charge in [0.1, 0.15) is 5.78 Å². The highest BCUT2D eigenvalue weighted by Gasteiger charge is 2.39. The van der Waals surface area contributed by atoms with Gasteiger partial charge in [-0.3, -0.25) is 9.59 Å². The Morgan fingerprint density at radius 2 is 1.93 bits per heavy atom. The molecule has 0 aromatic rings. The highest BCUT2D eigenvalue weighted by atomic mass is 16.4. The molecule has 3 N–H and O–H groups in total. The molecular weight excluding hydrogens is 344 g/mol. The molecule has 1 fully saturated rings. The van der Waals surface area contributed by atoms with Crippen molar-refractivity contribution in [2.45, 2.75) is 64.1 Å². The van der Waals surface area contributed by atoms with Gasteiger partial charge in [0.05, 0.1) is 12.2 Å². The van der Waals surface area contributed by atoms with Crippen LogP contribution in [0.25, 0.3) is 0 Å². The van der Waals surface area contributed by atoms with Gasteiger partial charge in [0.25, 0.3) is 0 Å². The Hall–Kier alpha value is -1.98. The zero-order chi connectivity index (χ0) is 20.1. The van der Waals surface area contributed by atoms with Crippen molar-refractivity contribution in [2.24, 2.45) is 11.8 Å². The van der Waals surface area contributed by atoms with Gasteiger partial charge in [-0.1, -0.05) is 55.5 Å². The van der Waals surface area contributed by atoms with E-state index in [2.05, 4.69) is 19.1 Å². The van der Waals surface area contributed by atoms with Crippen molar-refractivity contribution in [3.05, 3.63) is 48.6 Å². The maximum atomic E-state index is 12.1. The van der Waals surface area contributed by atoms with Crippen LogP contribution in [-0.2, 0) is 9.59 Å². The van der Waals surface area contributed by atoms with E-state index in [0.29, 0.717) is 19.3 Å². The van der Waals surface area contributed by atoms with E-state index in [1.807, 2.05) is 18.2 Å². The second kappa shape index (κ2) is 13.2. The zero-order valence-corrected chi connectivity index (χ0v) is 16.0. The highest BCUT2D eigenvalue weighted by Crippen LogP contribution is 2.33. The number of carbonyl (C=O) groups excluding carboxylic acids is 1. The highest BCUT2D eigenvalue weighted by molar-refractivity contribution is 5.84. The van der Waals surface area contributed by atoms with Gasteiger partial charge in [0.15, 0.2) is 0 Å². The predicted octanol–water partition coefficient (Wildman–Crippen LogP) is 3.58. The third-order valence-corrected chi connectivity index (χ3v) is 4.59. The summed E-state index contributed by atoms with van der Waals surface area (Å²) in [5.41, 5.74) is 0. The molecule has 4 atom stereocenters. The molecule has 0 aromatic carbocycles. The van der Waals surface area contributed by atoms with Crippen molar-refractivity contribution in [1.29, 1.82) is 0 Å². The monoisotopic (exact) mass is 376 g/mol. The third kappa shape index (κ3) is 9.50. The summed E-state index contributed by atoms with van der Waals surface area (Å²) < 4.78 is 0. The van der Waals surface area contributed by atoms with E-state index in [9.17, 15) is 19.8 Å². The molecule has 5 nitrogen and oxygen atoms in total. The Bertz CT molecular complexity index is 573.